The lowest BCUT2D eigenvalue weighted by Crippen LogP contribution is -2.39. The molecule has 0 amide bonds. The van der Waals surface area contributed by atoms with Gasteiger partial charge in [0.15, 0.2) is 5.79 Å². The van der Waals surface area contributed by atoms with E-state index in [1.165, 1.54) is 4.90 Å². The highest BCUT2D eigenvalue weighted by atomic mass is 32.2. The minimum Gasteiger partial charge on any atom is -0.384 e. The van der Waals surface area contributed by atoms with Crippen LogP contribution < -0.4 is 0 Å². The van der Waals surface area contributed by atoms with Gasteiger partial charge in [-0.3, -0.25) is 0 Å². The molecule has 1 saturated heterocycles. The molecule has 2 atom stereocenters. The largest absolute Gasteiger partial charge is 0.384 e. The van der Waals surface area contributed by atoms with Gasteiger partial charge in [-0.15, -0.1) is 11.8 Å². The second-order valence-electron chi connectivity index (χ2n) is 6.55. The Balaban J connectivity index is 2.08. The van der Waals surface area contributed by atoms with Gasteiger partial charge in [0.1, 0.15) is 18.8 Å². The second-order valence-corrected chi connectivity index (χ2v) is 7.60. The summed E-state index contributed by atoms with van der Waals surface area (Å²) < 4.78 is 12.0. The van der Waals surface area contributed by atoms with Gasteiger partial charge < -0.3 is 14.6 Å². The molecule has 4 heteroatoms. The number of rotatable bonds is 4. The summed E-state index contributed by atoms with van der Waals surface area (Å²) in [7, 11) is 0. The zero-order valence-electron chi connectivity index (χ0n) is 13.6. The summed E-state index contributed by atoms with van der Waals surface area (Å²) in [5, 5.41) is 8.92. The predicted octanol–water partition coefficient (Wildman–Crippen LogP) is 3.32. The predicted molar refractivity (Wildman–Crippen MR) is 89.6 cm³/mol. The molecule has 1 aromatic carbocycles. The number of aliphatic hydroxyl groups excluding tert-OH is 1. The molecule has 2 rings (SSSR count). The second kappa shape index (κ2) is 7.06. The average molecular weight is 320 g/mol. The first-order valence-corrected chi connectivity index (χ1v) is 8.45. The van der Waals surface area contributed by atoms with Gasteiger partial charge in [0, 0.05) is 16.1 Å². The highest BCUT2D eigenvalue weighted by molar-refractivity contribution is 7.99. The molecular weight excluding hydrogens is 296 g/mol. The molecular formula is C18H24O3S. The summed E-state index contributed by atoms with van der Waals surface area (Å²) in [6.45, 7) is 7.99. The Bertz CT molecular complexity index is 542. The molecule has 0 saturated carbocycles. The highest BCUT2D eigenvalue weighted by Gasteiger charge is 2.47. The van der Waals surface area contributed by atoms with Crippen molar-refractivity contribution < 1.29 is 14.6 Å². The van der Waals surface area contributed by atoms with E-state index in [1.807, 2.05) is 43.8 Å². The molecule has 1 N–H and O–H groups in total. The van der Waals surface area contributed by atoms with Gasteiger partial charge in [-0.1, -0.05) is 43.9 Å². The lowest BCUT2D eigenvalue weighted by Gasteiger charge is -2.32. The van der Waals surface area contributed by atoms with Crippen LogP contribution in [0, 0.1) is 17.3 Å². The summed E-state index contributed by atoms with van der Waals surface area (Å²) in [6, 6.07) is 10.3. The SMILES string of the molecule is CC1(C)O[C@@H](C#CCO)[C@H](C(C)(C)CSc2ccccc2)O1. The molecule has 1 heterocycles. The fourth-order valence-electron chi connectivity index (χ4n) is 2.45. The third-order valence-electron chi connectivity index (χ3n) is 3.54. The van der Waals surface area contributed by atoms with Gasteiger partial charge in [0.25, 0.3) is 0 Å². The molecule has 1 aromatic rings. The third kappa shape index (κ3) is 4.50. The van der Waals surface area contributed by atoms with Crippen molar-refractivity contribution in [2.45, 2.75) is 50.6 Å². The maximum Gasteiger partial charge on any atom is 0.165 e. The van der Waals surface area contributed by atoms with E-state index in [-0.39, 0.29) is 24.2 Å². The minimum absolute atomic E-state index is 0.108. The van der Waals surface area contributed by atoms with Crippen molar-refractivity contribution in [2.75, 3.05) is 12.4 Å². The molecule has 0 radical (unpaired) electrons. The number of ether oxygens (including phenoxy) is 2. The molecule has 1 aliphatic heterocycles. The summed E-state index contributed by atoms with van der Waals surface area (Å²) >= 11 is 1.81. The van der Waals surface area contributed by atoms with Crippen molar-refractivity contribution in [3.8, 4) is 11.8 Å². The molecule has 0 spiro atoms. The van der Waals surface area contributed by atoms with Gasteiger partial charge in [-0.25, -0.2) is 0 Å². The zero-order valence-corrected chi connectivity index (χ0v) is 14.4. The van der Waals surface area contributed by atoms with Crippen LogP contribution in [0.5, 0.6) is 0 Å². The quantitative estimate of drug-likeness (QED) is 0.682. The Hall–Kier alpha value is -0.990. The smallest absolute Gasteiger partial charge is 0.165 e. The molecule has 0 aromatic heterocycles. The fourth-order valence-corrected chi connectivity index (χ4v) is 3.50. The van der Waals surface area contributed by atoms with Crippen LogP contribution in [0.25, 0.3) is 0 Å². The minimum atomic E-state index is -0.645. The number of hydrogen-bond acceptors (Lipinski definition) is 4. The third-order valence-corrected chi connectivity index (χ3v) is 5.04. The van der Waals surface area contributed by atoms with E-state index in [2.05, 4.69) is 37.8 Å². The summed E-state index contributed by atoms with van der Waals surface area (Å²) in [6.07, 6.45) is -0.439. The lowest BCUT2D eigenvalue weighted by molar-refractivity contribution is -0.151. The van der Waals surface area contributed by atoms with Crippen molar-refractivity contribution in [2.24, 2.45) is 5.41 Å². The summed E-state index contributed by atoms with van der Waals surface area (Å²) in [5.41, 5.74) is -0.108. The van der Waals surface area contributed by atoms with Gasteiger partial charge in [0.2, 0.25) is 0 Å². The number of benzene rings is 1. The van der Waals surface area contributed by atoms with Crippen LogP contribution in [-0.2, 0) is 9.47 Å². The molecule has 0 unspecified atom stereocenters. The summed E-state index contributed by atoms with van der Waals surface area (Å²) in [4.78, 5) is 1.24. The Morgan fingerprint density at radius 2 is 1.91 bits per heavy atom. The van der Waals surface area contributed by atoms with Crippen LogP contribution >= 0.6 is 11.8 Å². The molecule has 1 fully saturated rings. The highest BCUT2D eigenvalue weighted by Crippen LogP contribution is 2.40. The van der Waals surface area contributed by atoms with E-state index in [4.69, 9.17) is 14.6 Å². The number of thioether (sulfide) groups is 1. The van der Waals surface area contributed by atoms with Gasteiger partial charge in [-0.05, 0) is 26.0 Å². The first kappa shape index (κ1) is 17.4. The first-order valence-electron chi connectivity index (χ1n) is 7.47. The lowest BCUT2D eigenvalue weighted by atomic mass is 9.85. The average Bonchev–Trinajstić information content (AvgIpc) is 2.80. The van der Waals surface area contributed by atoms with Crippen molar-refractivity contribution in [3.63, 3.8) is 0 Å². The Kier molecular flexibility index (Phi) is 5.57. The van der Waals surface area contributed by atoms with E-state index in [0.717, 1.165) is 5.75 Å². The Labute approximate surface area is 137 Å². The maximum absolute atomic E-state index is 8.92. The van der Waals surface area contributed by atoms with Gasteiger partial charge in [0.05, 0.1) is 0 Å². The normalized spacial score (nSPS) is 23.9. The van der Waals surface area contributed by atoms with E-state index in [9.17, 15) is 0 Å². The van der Waals surface area contributed by atoms with Crippen molar-refractivity contribution >= 4 is 11.8 Å². The number of hydrogen-bond donors (Lipinski definition) is 1. The summed E-state index contributed by atoms with van der Waals surface area (Å²) in [5.74, 6) is 5.94. The van der Waals surface area contributed by atoms with Crippen LogP contribution in [0.15, 0.2) is 35.2 Å². The monoisotopic (exact) mass is 320 g/mol. The molecule has 0 aliphatic carbocycles. The van der Waals surface area contributed by atoms with Crippen molar-refractivity contribution in [1.82, 2.24) is 0 Å². The first-order chi connectivity index (χ1) is 10.3. The van der Waals surface area contributed by atoms with E-state index >= 15 is 0 Å². The van der Waals surface area contributed by atoms with E-state index < -0.39 is 5.79 Å². The van der Waals surface area contributed by atoms with Gasteiger partial charge >= 0.3 is 0 Å². The molecule has 22 heavy (non-hydrogen) atoms. The Morgan fingerprint density at radius 3 is 2.55 bits per heavy atom. The number of aliphatic hydroxyl groups is 1. The van der Waals surface area contributed by atoms with Crippen LogP contribution in [-0.4, -0.2) is 35.5 Å². The van der Waals surface area contributed by atoms with Crippen LogP contribution in [0.4, 0.5) is 0 Å². The Morgan fingerprint density at radius 1 is 1.23 bits per heavy atom. The molecule has 1 aliphatic rings. The van der Waals surface area contributed by atoms with Crippen molar-refractivity contribution in [3.05, 3.63) is 30.3 Å². The standard InChI is InChI=1S/C18H24O3S/c1-17(2,13-22-14-9-6-5-7-10-14)16-15(11-8-12-19)20-18(3,4)21-16/h5-7,9-10,15-16,19H,12-13H2,1-4H3/t15-,16+/m0/s1. The van der Waals surface area contributed by atoms with E-state index in [1.54, 1.807) is 0 Å². The fraction of sp³-hybridized carbons (Fsp3) is 0.556. The van der Waals surface area contributed by atoms with Crippen LogP contribution in [0.1, 0.15) is 27.7 Å². The maximum atomic E-state index is 8.92. The van der Waals surface area contributed by atoms with Gasteiger partial charge in [-0.2, -0.15) is 0 Å². The van der Waals surface area contributed by atoms with Crippen molar-refractivity contribution in [1.29, 1.82) is 0 Å². The molecule has 120 valence electrons. The topological polar surface area (TPSA) is 38.7 Å². The zero-order chi connectivity index (χ0) is 16.2. The van der Waals surface area contributed by atoms with Crippen LogP contribution in [0.3, 0.4) is 0 Å². The van der Waals surface area contributed by atoms with E-state index in [0.29, 0.717) is 0 Å². The molecule has 0 bridgehead atoms. The molecule has 3 nitrogen and oxygen atoms in total. The van der Waals surface area contributed by atoms with Crippen LogP contribution in [0.2, 0.25) is 0 Å².